The molecule has 1 aromatic rings. The summed E-state index contributed by atoms with van der Waals surface area (Å²) < 4.78 is 6.46. The lowest BCUT2D eigenvalue weighted by atomic mass is 10.2. The minimum Gasteiger partial charge on any atom is -0.478 e. The Bertz CT molecular complexity index is 343. The van der Waals surface area contributed by atoms with Crippen LogP contribution in [-0.4, -0.2) is 27.9 Å². The third-order valence-electron chi connectivity index (χ3n) is 2.12. The Kier molecular flexibility index (Phi) is 3.27. The molecular weight excluding hydrogens is 186 g/mol. The monoisotopic (exact) mass is 199 g/mol. The minimum absolute atomic E-state index is 0.192. The van der Waals surface area contributed by atoms with Gasteiger partial charge in [-0.05, 0) is 12.5 Å². The highest BCUT2D eigenvalue weighted by Crippen LogP contribution is 2.16. The van der Waals surface area contributed by atoms with Gasteiger partial charge in [-0.1, -0.05) is 0 Å². The fourth-order valence-corrected chi connectivity index (χ4v) is 1.38. The number of rotatable bonds is 4. The number of aliphatic hydroxyl groups excluding tert-OH is 1. The van der Waals surface area contributed by atoms with Gasteiger partial charge in [0.05, 0.1) is 12.2 Å². The predicted molar refractivity (Wildman–Crippen MR) is 49.1 cm³/mol. The molecule has 1 aromatic heterocycles. The van der Waals surface area contributed by atoms with Crippen LogP contribution in [0.1, 0.15) is 21.6 Å². The van der Waals surface area contributed by atoms with Crippen molar-refractivity contribution in [3.05, 3.63) is 23.0 Å². The number of hydrogen-bond acceptors (Lipinski definition) is 3. The summed E-state index contributed by atoms with van der Waals surface area (Å²) in [5.41, 5.74) is 1.35. The van der Waals surface area contributed by atoms with Gasteiger partial charge in [-0.3, -0.25) is 0 Å². The van der Waals surface area contributed by atoms with Crippen LogP contribution in [0.15, 0.2) is 6.20 Å². The predicted octanol–water partition coefficient (Wildman–Crippen LogP) is 0.591. The van der Waals surface area contributed by atoms with Crippen LogP contribution in [0.4, 0.5) is 0 Å². The van der Waals surface area contributed by atoms with E-state index in [9.17, 15) is 4.79 Å². The lowest BCUT2D eigenvalue weighted by Crippen LogP contribution is -2.03. The molecule has 14 heavy (non-hydrogen) atoms. The van der Waals surface area contributed by atoms with Crippen molar-refractivity contribution >= 4 is 5.97 Å². The molecular formula is C9H13NO4. The zero-order chi connectivity index (χ0) is 10.7. The van der Waals surface area contributed by atoms with E-state index >= 15 is 0 Å². The minimum atomic E-state index is -0.993. The summed E-state index contributed by atoms with van der Waals surface area (Å²) in [6.45, 7) is 1.72. The zero-order valence-electron chi connectivity index (χ0n) is 8.15. The van der Waals surface area contributed by atoms with Gasteiger partial charge in [0, 0.05) is 19.0 Å². The maximum Gasteiger partial charge on any atom is 0.337 e. The van der Waals surface area contributed by atoms with Crippen molar-refractivity contribution in [3.8, 4) is 0 Å². The molecule has 0 fully saturated rings. The van der Waals surface area contributed by atoms with Gasteiger partial charge in [0.25, 0.3) is 0 Å². The molecule has 5 heteroatoms. The molecule has 1 rings (SSSR count). The van der Waals surface area contributed by atoms with Crippen molar-refractivity contribution in [3.63, 3.8) is 0 Å². The number of carbonyl (C=O) groups is 1. The summed E-state index contributed by atoms with van der Waals surface area (Å²) in [5.74, 6) is -0.993. The standard InChI is InChI=1S/C9H13NO4/c1-6-7(9(12)13)3-10(5-14-2)8(6)4-11/h3,11H,4-5H2,1-2H3,(H,12,13). The molecule has 0 saturated carbocycles. The number of carboxylic acids is 1. The van der Waals surface area contributed by atoms with E-state index in [0.29, 0.717) is 11.3 Å². The molecule has 78 valence electrons. The molecule has 0 saturated heterocycles. The Balaban J connectivity index is 3.17. The largest absolute Gasteiger partial charge is 0.478 e. The zero-order valence-corrected chi connectivity index (χ0v) is 8.15. The van der Waals surface area contributed by atoms with Gasteiger partial charge in [0.1, 0.15) is 6.73 Å². The molecule has 0 aromatic carbocycles. The summed E-state index contributed by atoms with van der Waals surface area (Å²) in [5, 5.41) is 17.9. The Morgan fingerprint density at radius 3 is 2.71 bits per heavy atom. The van der Waals surface area contributed by atoms with Crippen molar-refractivity contribution in [2.45, 2.75) is 20.3 Å². The van der Waals surface area contributed by atoms with Crippen LogP contribution >= 0.6 is 0 Å². The molecule has 0 radical (unpaired) electrons. The lowest BCUT2D eigenvalue weighted by molar-refractivity contribution is 0.0695. The van der Waals surface area contributed by atoms with Gasteiger partial charge in [0.2, 0.25) is 0 Å². The first-order valence-electron chi connectivity index (χ1n) is 4.13. The van der Waals surface area contributed by atoms with Crippen molar-refractivity contribution in [2.75, 3.05) is 7.11 Å². The second kappa shape index (κ2) is 4.26. The SMILES string of the molecule is COCn1cc(C(=O)O)c(C)c1CO. The van der Waals surface area contributed by atoms with Gasteiger partial charge in [-0.2, -0.15) is 0 Å². The van der Waals surface area contributed by atoms with E-state index in [-0.39, 0.29) is 18.9 Å². The highest BCUT2D eigenvalue weighted by Gasteiger charge is 2.15. The number of nitrogens with zero attached hydrogens (tertiary/aromatic N) is 1. The Hall–Kier alpha value is -1.33. The lowest BCUT2D eigenvalue weighted by Gasteiger charge is -2.05. The van der Waals surface area contributed by atoms with E-state index in [1.807, 2.05) is 0 Å². The van der Waals surface area contributed by atoms with E-state index in [4.69, 9.17) is 14.9 Å². The summed E-state index contributed by atoms with van der Waals surface area (Å²) in [7, 11) is 1.51. The number of methoxy groups -OCH3 is 1. The Labute approximate surface area is 81.5 Å². The average molecular weight is 199 g/mol. The van der Waals surface area contributed by atoms with Gasteiger partial charge in [-0.25, -0.2) is 4.79 Å². The third kappa shape index (κ3) is 1.78. The van der Waals surface area contributed by atoms with E-state index in [0.717, 1.165) is 0 Å². The van der Waals surface area contributed by atoms with Crippen molar-refractivity contribution in [1.82, 2.24) is 4.57 Å². The molecule has 0 aliphatic heterocycles. The smallest absolute Gasteiger partial charge is 0.337 e. The molecule has 0 aliphatic rings. The number of aliphatic hydroxyl groups is 1. The summed E-state index contributed by atoms with van der Waals surface area (Å²) in [6.07, 6.45) is 1.46. The van der Waals surface area contributed by atoms with Gasteiger partial charge < -0.3 is 19.5 Å². The number of hydrogen-bond donors (Lipinski definition) is 2. The molecule has 0 atom stereocenters. The molecule has 2 N–H and O–H groups in total. The molecule has 1 heterocycles. The first kappa shape index (κ1) is 10.7. The number of ether oxygens (including phenoxy) is 1. The quantitative estimate of drug-likeness (QED) is 0.744. The second-order valence-corrected chi connectivity index (χ2v) is 2.97. The average Bonchev–Trinajstić information content (AvgIpc) is 2.43. The summed E-state index contributed by atoms with van der Waals surface area (Å²) in [4.78, 5) is 10.8. The fraction of sp³-hybridized carbons (Fsp3) is 0.444. The van der Waals surface area contributed by atoms with E-state index in [2.05, 4.69) is 0 Å². The number of aromatic carboxylic acids is 1. The Morgan fingerprint density at radius 2 is 2.29 bits per heavy atom. The third-order valence-corrected chi connectivity index (χ3v) is 2.12. The van der Waals surface area contributed by atoms with Crippen LogP contribution in [0.2, 0.25) is 0 Å². The van der Waals surface area contributed by atoms with Crippen LogP contribution in [0, 0.1) is 6.92 Å². The van der Waals surface area contributed by atoms with Crippen LogP contribution in [-0.2, 0) is 18.1 Å². The molecule has 0 aliphatic carbocycles. The first-order chi connectivity index (χ1) is 6.61. The van der Waals surface area contributed by atoms with Gasteiger partial charge >= 0.3 is 5.97 Å². The van der Waals surface area contributed by atoms with Crippen LogP contribution < -0.4 is 0 Å². The molecule has 0 amide bonds. The van der Waals surface area contributed by atoms with Crippen LogP contribution in [0.25, 0.3) is 0 Å². The van der Waals surface area contributed by atoms with Crippen molar-refractivity contribution in [1.29, 1.82) is 0 Å². The van der Waals surface area contributed by atoms with E-state index in [1.165, 1.54) is 13.3 Å². The van der Waals surface area contributed by atoms with E-state index < -0.39 is 5.97 Å². The molecule has 0 spiro atoms. The van der Waals surface area contributed by atoms with Crippen LogP contribution in [0.5, 0.6) is 0 Å². The summed E-state index contributed by atoms with van der Waals surface area (Å²) >= 11 is 0. The van der Waals surface area contributed by atoms with Crippen molar-refractivity contribution < 1.29 is 19.7 Å². The van der Waals surface area contributed by atoms with Crippen LogP contribution in [0.3, 0.4) is 0 Å². The van der Waals surface area contributed by atoms with E-state index in [1.54, 1.807) is 11.5 Å². The van der Waals surface area contributed by atoms with Gasteiger partial charge in [-0.15, -0.1) is 0 Å². The fourth-order valence-electron chi connectivity index (χ4n) is 1.38. The topological polar surface area (TPSA) is 71.7 Å². The number of aromatic nitrogens is 1. The first-order valence-corrected chi connectivity index (χ1v) is 4.13. The van der Waals surface area contributed by atoms with Gasteiger partial charge in [0.15, 0.2) is 0 Å². The highest BCUT2D eigenvalue weighted by atomic mass is 16.5. The molecule has 5 nitrogen and oxygen atoms in total. The normalized spacial score (nSPS) is 10.5. The second-order valence-electron chi connectivity index (χ2n) is 2.97. The Morgan fingerprint density at radius 1 is 1.64 bits per heavy atom. The molecule has 0 unspecified atom stereocenters. The molecule has 0 bridgehead atoms. The number of carboxylic acid groups (broad SMARTS) is 1. The highest BCUT2D eigenvalue weighted by molar-refractivity contribution is 5.89. The maximum absolute atomic E-state index is 10.8. The maximum atomic E-state index is 10.8. The summed E-state index contributed by atoms with van der Waals surface area (Å²) in [6, 6.07) is 0. The van der Waals surface area contributed by atoms with Crippen molar-refractivity contribution in [2.24, 2.45) is 0 Å².